The van der Waals surface area contributed by atoms with Crippen molar-refractivity contribution < 1.29 is 19.1 Å². The zero-order chi connectivity index (χ0) is 18.9. The molecule has 2 rings (SSSR count). The molecule has 0 atom stereocenters. The van der Waals surface area contributed by atoms with E-state index in [1.54, 1.807) is 62.6 Å². The number of anilines is 1. The molecule has 0 aromatic heterocycles. The predicted molar refractivity (Wildman–Crippen MR) is 101 cm³/mol. The average Bonchev–Trinajstić information content (AvgIpc) is 2.65. The summed E-state index contributed by atoms with van der Waals surface area (Å²) in [6.45, 7) is 3.56. The minimum atomic E-state index is -0.287. The first-order valence-electron chi connectivity index (χ1n) is 8.45. The number of nitrogens with zero attached hydrogens (tertiary/aromatic N) is 1. The maximum absolute atomic E-state index is 12.5. The molecule has 6 heteroatoms. The number of rotatable bonds is 8. The molecule has 0 spiro atoms. The summed E-state index contributed by atoms with van der Waals surface area (Å²) in [5.41, 5.74) is 1.41. The van der Waals surface area contributed by atoms with Gasteiger partial charge in [-0.2, -0.15) is 0 Å². The summed E-state index contributed by atoms with van der Waals surface area (Å²) in [6, 6.07) is 13.8. The summed E-state index contributed by atoms with van der Waals surface area (Å²) < 4.78 is 10.7. The summed E-state index contributed by atoms with van der Waals surface area (Å²) in [4.78, 5) is 26.2. The highest BCUT2D eigenvalue weighted by Crippen LogP contribution is 2.19. The number of carbonyl (C=O) groups excluding carboxylic acids is 2. The lowest BCUT2D eigenvalue weighted by Gasteiger charge is -2.14. The van der Waals surface area contributed by atoms with Crippen LogP contribution in [0, 0.1) is 0 Å². The second kappa shape index (κ2) is 9.58. The number of para-hydroxylation sites is 1. The minimum absolute atomic E-state index is 0.168. The van der Waals surface area contributed by atoms with Crippen LogP contribution in [0.3, 0.4) is 0 Å². The molecule has 6 nitrogen and oxygen atoms in total. The van der Waals surface area contributed by atoms with Crippen LogP contribution in [0.15, 0.2) is 48.5 Å². The SMILES string of the molecule is CCOCCOc1ccc(C(=O)Nc2ccccc2C(=O)N(C)C)cc1. The summed E-state index contributed by atoms with van der Waals surface area (Å²) >= 11 is 0. The van der Waals surface area contributed by atoms with Gasteiger partial charge in [-0.3, -0.25) is 9.59 Å². The van der Waals surface area contributed by atoms with Gasteiger partial charge in [-0.05, 0) is 43.3 Å². The molecular weight excluding hydrogens is 332 g/mol. The van der Waals surface area contributed by atoms with Gasteiger partial charge in [-0.25, -0.2) is 0 Å². The van der Waals surface area contributed by atoms with Gasteiger partial charge in [-0.1, -0.05) is 12.1 Å². The van der Waals surface area contributed by atoms with E-state index >= 15 is 0 Å². The van der Waals surface area contributed by atoms with Crippen LogP contribution in [0.2, 0.25) is 0 Å². The zero-order valence-corrected chi connectivity index (χ0v) is 15.3. The molecule has 2 amide bonds. The van der Waals surface area contributed by atoms with E-state index in [2.05, 4.69) is 5.32 Å². The van der Waals surface area contributed by atoms with E-state index in [9.17, 15) is 9.59 Å². The monoisotopic (exact) mass is 356 g/mol. The number of benzene rings is 2. The van der Waals surface area contributed by atoms with Crippen LogP contribution in [0.5, 0.6) is 5.75 Å². The van der Waals surface area contributed by atoms with Crippen LogP contribution in [0.1, 0.15) is 27.6 Å². The molecule has 0 fully saturated rings. The van der Waals surface area contributed by atoms with Gasteiger partial charge in [0.05, 0.1) is 17.9 Å². The molecule has 26 heavy (non-hydrogen) atoms. The van der Waals surface area contributed by atoms with E-state index in [0.717, 1.165) is 0 Å². The summed E-state index contributed by atoms with van der Waals surface area (Å²) in [5, 5.41) is 2.79. The number of amides is 2. The van der Waals surface area contributed by atoms with E-state index in [0.29, 0.717) is 42.4 Å². The van der Waals surface area contributed by atoms with Crippen molar-refractivity contribution in [3.63, 3.8) is 0 Å². The molecule has 0 radical (unpaired) electrons. The Kier molecular flexibility index (Phi) is 7.17. The average molecular weight is 356 g/mol. The molecular formula is C20H24N2O4. The number of hydrogen-bond acceptors (Lipinski definition) is 4. The van der Waals surface area contributed by atoms with Crippen molar-refractivity contribution >= 4 is 17.5 Å². The van der Waals surface area contributed by atoms with Gasteiger partial charge in [0.25, 0.3) is 11.8 Å². The molecule has 0 bridgehead atoms. The van der Waals surface area contributed by atoms with Gasteiger partial charge >= 0.3 is 0 Å². The Hall–Kier alpha value is -2.86. The van der Waals surface area contributed by atoms with Crippen molar-refractivity contribution in [2.75, 3.05) is 39.2 Å². The van der Waals surface area contributed by atoms with E-state index in [4.69, 9.17) is 9.47 Å². The number of hydrogen-bond donors (Lipinski definition) is 1. The maximum Gasteiger partial charge on any atom is 0.255 e. The van der Waals surface area contributed by atoms with Gasteiger partial charge in [0.15, 0.2) is 0 Å². The van der Waals surface area contributed by atoms with Crippen LogP contribution < -0.4 is 10.1 Å². The Morgan fingerprint density at radius 1 is 1.00 bits per heavy atom. The third-order valence-electron chi connectivity index (χ3n) is 3.63. The molecule has 0 aliphatic carbocycles. The minimum Gasteiger partial charge on any atom is -0.491 e. The molecule has 0 aliphatic heterocycles. The smallest absolute Gasteiger partial charge is 0.255 e. The lowest BCUT2D eigenvalue weighted by molar-refractivity contribution is 0.0828. The molecule has 0 heterocycles. The largest absolute Gasteiger partial charge is 0.491 e. The van der Waals surface area contributed by atoms with Gasteiger partial charge < -0.3 is 19.7 Å². The van der Waals surface area contributed by atoms with Crippen molar-refractivity contribution in [2.45, 2.75) is 6.92 Å². The second-order valence-electron chi connectivity index (χ2n) is 5.77. The quantitative estimate of drug-likeness (QED) is 0.738. The van der Waals surface area contributed by atoms with Crippen molar-refractivity contribution in [1.29, 1.82) is 0 Å². The molecule has 0 unspecified atom stereocenters. The van der Waals surface area contributed by atoms with Crippen LogP contribution in [-0.4, -0.2) is 50.6 Å². The van der Waals surface area contributed by atoms with Crippen molar-refractivity contribution in [3.8, 4) is 5.75 Å². The second-order valence-corrected chi connectivity index (χ2v) is 5.77. The van der Waals surface area contributed by atoms with Crippen LogP contribution >= 0.6 is 0 Å². The number of nitrogens with one attached hydrogen (secondary N) is 1. The maximum atomic E-state index is 12.5. The van der Waals surface area contributed by atoms with Crippen LogP contribution in [0.25, 0.3) is 0 Å². The Balaban J connectivity index is 2.03. The Morgan fingerprint density at radius 3 is 2.35 bits per heavy atom. The molecule has 2 aromatic carbocycles. The van der Waals surface area contributed by atoms with E-state index in [1.165, 1.54) is 4.90 Å². The molecule has 1 N–H and O–H groups in total. The molecule has 138 valence electrons. The molecule has 0 aliphatic rings. The number of carbonyl (C=O) groups is 2. The van der Waals surface area contributed by atoms with Crippen molar-refractivity contribution in [3.05, 3.63) is 59.7 Å². The molecule has 2 aromatic rings. The van der Waals surface area contributed by atoms with Gasteiger partial charge in [0.1, 0.15) is 12.4 Å². The summed E-state index contributed by atoms with van der Waals surface area (Å²) in [5.74, 6) is 0.216. The topological polar surface area (TPSA) is 67.9 Å². The van der Waals surface area contributed by atoms with Crippen LogP contribution in [0.4, 0.5) is 5.69 Å². The van der Waals surface area contributed by atoms with Gasteiger partial charge in [-0.15, -0.1) is 0 Å². The lowest BCUT2D eigenvalue weighted by atomic mass is 10.1. The first-order valence-corrected chi connectivity index (χ1v) is 8.45. The third kappa shape index (κ3) is 5.32. The summed E-state index contributed by atoms with van der Waals surface area (Å²) in [6.07, 6.45) is 0. The first kappa shape index (κ1) is 19.5. The summed E-state index contributed by atoms with van der Waals surface area (Å²) in [7, 11) is 3.34. The van der Waals surface area contributed by atoms with E-state index < -0.39 is 0 Å². The predicted octanol–water partition coefficient (Wildman–Crippen LogP) is 3.06. The highest BCUT2D eigenvalue weighted by atomic mass is 16.5. The lowest BCUT2D eigenvalue weighted by Crippen LogP contribution is -2.24. The standard InChI is InChI=1S/C20H24N2O4/c1-4-25-13-14-26-16-11-9-15(10-12-16)19(23)21-18-8-6-5-7-17(18)20(24)22(2)3/h5-12H,4,13-14H2,1-3H3,(H,21,23). The van der Waals surface area contributed by atoms with Crippen molar-refractivity contribution in [2.24, 2.45) is 0 Å². The van der Waals surface area contributed by atoms with Gasteiger partial charge in [0.2, 0.25) is 0 Å². The van der Waals surface area contributed by atoms with Gasteiger partial charge in [0, 0.05) is 26.3 Å². The Labute approximate surface area is 153 Å². The fraction of sp³-hybridized carbons (Fsp3) is 0.300. The molecule has 0 saturated heterocycles. The zero-order valence-electron chi connectivity index (χ0n) is 15.3. The molecule has 0 saturated carbocycles. The van der Waals surface area contributed by atoms with E-state index in [1.807, 2.05) is 6.92 Å². The number of ether oxygens (including phenoxy) is 2. The van der Waals surface area contributed by atoms with Crippen LogP contribution in [-0.2, 0) is 4.74 Å². The van der Waals surface area contributed by atoms with E-state index in [-0.39, 0.29) is 11.8 Å². The first-order chi connectivity index (χ1) is 12.5. The highest BCUT2D eigenvalue weighted by Gasteiger charge is 2.15. The Morgan fingerprint density at radius 2 is 1.69 bits per heavy atom. The Bertz CT molecular complexity index is 742. The third-order valence-corrected chi connectivity index (χ3v) is 3.63. The fourth-order valence-corrected chi connectivity index (χ4v) is 2.28. The fourth-order valence-electron chi connectivity index (χ4n) is 2.28. The normalized spacial score (nSPS) is 10.3. The van der Waals surface area contributed by atoms with Crippen molar-refractivity contribution in [1.82, 2.24) is 4.90 Å². The highest BCUT2D eigenvalue weighted by molar-refractivity contribution is 6.08.